The third-order valence-electron chi connectivity index (χ3n) is 4.79. The van der Waals surface area contributed by atoms with E-state index in [4.69, 9.17) is 11.6 Å². The average Bonchev–Trinajstić information content (AvgIpc) is 3.29. The molecule has 3 aromatic rings. The van der Waals surface area contributed by atoms with Gasteiger partial charge in [-0.25, -0.2) is 0 Å². The van der Waals surface area contributed by atoms with Crippen LogP contribution in [0.3, 0.4) is 0 Å². The van der Waals surface area contributed by atoms with Crippen LogP contribution in [0.1, 0.15) is 23.1 Å². The molecular formula is C22H27ClIN5O. The first-order valence-electron chi connectivity index (χ1n) is 9.56. The van der Waals surface area contributed by atoms with Gasteiger partial charge in [0.25, 0.3) is 0 Å². The number of rotatable bonds is 8. The van der Waals surface area contributed by atoms with Crippen LogP contribution in [0.2, 0.25) is 5.02 Å². The van der Waals surface area contributed by atoms with Crippen molar-refractivity contribution in [2.75, 3.05) is 26.7 Å². The van der Waals surface area contributed by atoms with Crippen molar-refractivity contribution < 1.29 is 5.11 Å². The number of halogens is 2. The lowest BCUT2D eigenvalue weighted by atomic mass is 10.0. The Morgan fingerprint density at radius 3 is 2.33 bits per heavy atom. The summed E-state index contributed by atoms with van der Waals surface area (Å²) in [6.07, 6.45) is 3.70. The lowest BCUT2D eigenvalue weighted by molar-refractivity contribution is 0.265. The summed E-state index contributed by atoms with van der Waals surface area (Å²) in [5.74, 6) is 0.665. The molecular weight excluding hydrogens is 513 g/mol. The third kappa shape index (κ3) is 6.72. The zero-order valence-corrected chi connectivity index (χ0v) is 19.9. The first-order chi connectivity index (χ1) is 14.2. The van der Waals surface area contributed by atoms with Gasteiger partial charge in [0.15, 0.2) is 5.96 Å². The summed E-state index contributed by atoms with van der Waals surface area (Å²) in [5.41, 5.74) is 2.19. The molecule has 0 saturated heterocycles. The van der Waals surface area contributed by atoms with Gasteiger partial charge in [-0.2, -0.15) is 5.10 Å². The van der Waals surface area contributed by atoms with Gasteiger partial charge in [0.05, 0.1) is 12.6 Å². The number of nitrogens with zero attached hydrogens (tertiary/aromatic N) is 3. The van der Waals surface area contributed by atoms with E-state index < -0.39 is 0 Å². The maximum absolute atomic E-state index is 9.76. The maximum atomic E-state index is 9.76. The number of hydrogen-bond donors (Lipinski definition) is 3. The van der Waals surface area contributed by atoms with E-state index in [1.807, 2.05) is 71.5 Å². The maximum Gasteiger partial charge on any atom is 0.191 e. The number of aliphatic hydroxyl groups is 1. The van der Waals surface area contributed by atoms with E-state index in [-0.39, 0.29) is 42.5 Å². The molecule has 2 atom stereocenters. The number of guanidine groups is 1. The number of hydrogen-bond acceptors (Lipinski definition) is 3. The lowest BCUT2D eigenvalue weighted by Crippen LogP contribution is -2.42. The second-order valence-electron chi connectivity index (χ2n) is 6.68. The fourth-order valence-electron chi connectivity index (χ4n) is 3.16. The number of aromatic nitrogens is 2. The molecule has 2 unspecified atom stereocenters. The minimum atomic E-state index is -0.0106. The van der Waals surface area contributed by atoms with Crippen molar-refractivity contribution in [1.29, 1.82) is 0 Å². The van der Waals surface area contributed by atoms with Crippen LogP contribution in [0.4, 0.5) is 0 Å². The largest absolute Gasteiger partial charge is 0.396 e. The van der Waals surface area contributed by atoms with E-state index in [0.29, 0.717) is 24.1 Å². The minimum Gasteiger partial charge on any atom is -0.396 e. The van der Waals surface area contributed by atoms with E-state index in [9.17, 15) is 5.11 Å². The molecule has 0 spiro atoms. The summed E-state index contributed by atoms with van der Waals surface area (Å²) in [7, 11) is 1.73. The molecule has 0 aliphatic carbocycles. The summed E-state index contributed by atoms with van der Waals surface area (Å²) in [6.45, 7) is 1.24. The van der Waals surface area contributed by atoms with Crippen molar-refractivity contribution in [2.45, 2.75) is 12.0 Å². The van der Waals surface area contributed by atoms with Crippen LogP contribution in [0.25, 0.3) is 0 Å². The standard InChI is InChI=1S/C22H26ClN5O.HI/c1-24-22(25-14-19(16-29)17-6-3-2-4-7-17)26-15-21(28-13-5-12-27-28)18-8-10-20(23)11-9-18;/h2-13,19,21,29H,14-16H2,1H3,(H2,24,25,26);1H. The van der Waals surface area contributed by atoms with E-state index in [1.165, 1.54) is 0 Å². The van der Waals surface area contributed by atoms with Crippen molar-refractivity contribution in [3.8, 4) is 0 Å². The molecule has 8 heteroatoms. The van der Waals surface area contributed by atoms with Crippen molar-refractivity contribution in [3.05, 3.63) is 89.2 Å². The van der Waals surface area contributed by atoms with Crippen LogP contribution in [-0.2, 0) is 0 Å². The average molecular weight is 540 g/mol. The topological polar surface area (TPSA) is 74.5 Å². The van der Waals surface area contributed by atoms with Gasteiger partial charge >= 0.3 is 0 Å². The summed E-state index contributed by atoms with van der Waals surface area (Å²) in [5, 5.41) is 21.5. The molecule has 160 valence electrons. The fourth-order valence-corrected chi connectivity index (χ4v) is 3.29. The molecule has 1 aromatic heterocycles. The third-order valence-corrected chi connectivity index (χ3v) is 5.04. The molecule has 2 aromatic carbocycles. The number of benzene rings is 2. The number of aliphatic hydroxyl groups excluding tert-OH is 1. The molecule has 6 nitrogen and oxygen atoms in total. The highest BCUT2D eigenvalue weighted by atomic mass is 127. The molecule has 30 heavy (non-hydrogen) atoms. The normalized spacial score (nSPS) is 13.2. The lowest BCUT2D eigenvalue weighted by Gasteiger charge is -2.22. The molecule has 3 rings (SSSR count). The van der Waals surface area contributed by atoms with Gasteiger partial charge < -0.3 is 15.7 Å². The smallest absolute Gasteiger partial charge is 0.191 e. The van der Waals surface area contributed by atoms with Crippen molar-refractivity contribution in [3.63, 3.8) is 0 Å². The van der Waals surface area contributed by atoms with Crippen molar-refractivity contribution in [2.24, 2.45) is 4.99 Å². The van der Waals surface area contributed by atoms with E-state index in [0.717, 1.165) is 11.1 Å². The predicted molar refractivity (Wildman–Crippen MR) is 133 cm³/mol. The van der Waals surface area contributed by atoms with Gasteiger partial charge in [-0.15, -0.1) is 24.0 Å². The van der Waals surface area contributed by atoms with Crippen LogP contribution in [-0.4, -0.2) is 47.6 Å². The number of nitrogens with one attached hydrogen (secondary N) is 2. The zero-order valence-electron chi connectivity index (χ0n) is 16.8. The van der Waals surface area contributed by atoms with Gasteiger partial charge in [0.1, 0.15) is 0 Å². The SMILES string of the molecule is CN=C(NCC(CO)c1ccccc1)NCC(c1ccc(Cl)cc1)n1cccn1.I. The Balaban J connectivity index is 0.00000320. The molecule has 0 aliphatic heterocycles. The summed E-state index contributed by atoms with van der Waals surface area (Å²) >= 11 is 6.04. The molecule has 0 amide bonds. The summed E-state index contributed by atoms with van der Waals surface area (Å²) in [4.78, 5) is 4.31. The Morgan fingerprint density at radius 1 is 1.03 bits per heavy atom. The molecule has 0 bridgehead atoms. The molecule has 0 fully saturated rings. The summed E-state index contributed by atoms with van der Waals surface area (Å²) in [6, 6.07) is 19.6. The fraction of sp³-hybridized carbons (Fsp3) is 0.273. The van der Waals surface area contributed by atoms with E-state index in [2.05, 4.69) is 20.7 Å². The minimum absolute atomic E-state index is 0. The van der Waals surface area contributed by atoms with Crippen molar-refractivity contribution in [1.82, 2.24) is 20.4 Å². The highest BCUT2D eigenvalue weighted by Gasteiger charge is 2.16. The Kier molecular flexibility index (Phi) is 10.1. The molecule has 3 N–H and O–H groups in total. The monoisotopic (exact) mass is 539 g/mol. The number of aliphatic imine (C=N–C) groups is 1. The van der Waals surface area contributed by atoms with Gasteiger partial charge in [0.2, 0.25) is 0 Å². The van der Waals surface area contributed by atoms with Crippen LogP contribution in [0.5, 0.6) is 0 Å². The second-order valence-corrected chi connectivity index (χ2v) is 7.11. The second kappa shape index (κ2) is 12.6. The van der Waals surface area contributed by atoms with Gasteiger partial charge in [0, 0.05) is 43.5 Å². The Morgan fingerprint density at radius 2 is 1.73 bits per heavy atom. The van der Waals surface area contributed by atoms with Crippen LogP contribution < -0.4 is 10.6 Å². The Bertz CT molecular complexity index is 888. The quantitative estimate of drug-likeness (QED) is 0.232. The molecule has 1 heterocycles. The van der Waals surface area contributed by atoms with Gasteiger partial charge in [-0.3, -0.25) is 9.67 Å². The highest BCUT2D eigenvalue weighted by Crippen LogP contribution is 2.19. The van der Waals surface area contributed by atoms with Gasteiger partial charge in [-0.1, -0.05) is 54.1 Å². The van der Waals surface area contributed by atoms with Gasteiger partial charge in [-0.05, 0) is 29.3 Å². The Hall–Kier alpha value is -2.10. The first kappa shape index (κ1) is 24.2. The molecule has 0 radical (unpaired) electrons. The van der Waals surface area contributed by atoms with Crippen LogP contribution in [0.15, 0.2) is 78.0 Å². The van der Waals surface area contributed by atoms with E-state index >= 15 is 0 Å². The molecule has 0 aliphatic rings. The highest BCUT2D eigenvalue weighted by molar-refractivity contribution is 14.0. The van der Waals surface area contributed by atoms with E-state index in [1.54, 1.807) is 13.2 Å². The Labute approximate surface area is 199 Å². The van der Waals surface area contributed by atoms with Crippen LogP contribution in [0, 0.1) is 0 Å². The summed E-state index contributed by atoms with van der Waals surface area (Å²) < 4.78 is 1.91. The van der Waals surface area contributed by atoms with Crippen LogP contribution >= 0.6 is 35.6 Å². The molecule has 0 saturated carbocycles. The first-order valence-corrected chi connectivity index (χ1v) is 9.94. The zero-order chi connectivity index (χ0) is 20.5. The van der Waals surface area contributed by atoms with Crippen molar-refractivity contribution >= 4 is 41.5 Å². The predicted octanol–water partition coefficient (Wildman–Crippen LogP) is 3.69.